The number of allylic oxidation sites excluding steroid dienone is 6. The number of aromatic nitrogens is 4. The van der Waals surface area contributed by atoms with E-state index in [1.54, 1.807) is 45.3 Å². The Balaban J connectivity index is 1.17. The number of rotatable bonds is 50. The lowest BCUT2D eigenvalue weighted by Gasteiger charge is -2.22. The maximum Gasteiger partial charge on any atom is 0.270 e. The molecule has 0 N–H and O–H groups in total. The fraction of sp³-hybridized carbons (Fsp3) is 0.551. The third kappa shape index (κ3) is 19.9. The van der Waals surface area contributed by atoms with Gasteiger partial charge in [-0.2, -0.15) is 8.75 Å². The summed E-state index contributed by atoms with van der Waals surface area (Å²) < 4.78 is 84.8. The van der Waals surface area contributed by atoms with Gasteiger partial charge in [-0.3, -0.25) is 9.59 Å². The van der Waals surface area contributed by atoms with E-state index in [4.69, 9.17) is 21.9 Å². The molecule has 12 rings (SSSR count). The third-order valence-electron chi connectivity index (χ3n) is 24.9. The van der Waals surface area contributed by atoms with Crippen LogP contribution >= 0.6 is 57.1 Å². The molecule has 0 saturated carbocycles. The van der Waals surface area contributed by atoms with E-state index in [1.807, 2.05) is 24.3 Å². The molecule has 2 unspecified atom stereocenters. The van der Waals surface area contributed by atoms with Gasteiger partial charge in [-0.1, -0.05) is 273 Å². The number of nitrogens with zero attached hydrogens (tertiary/aromatic N) is 8. The molecule has 7 aromatic heterocycles. The van der Waals surface area contributed by atoms with Crippen LogP contribution in [0, 0.1) is 70.9 Å². The Labute approximate surface area is 711 Å². The standard InChI is InChI=1S/C98H118F4N8O2S5/c1-9-15-21-27-31-33-35-39-45-51-65-79(57-71-81(77(59-103)105-7)67-53-73(99)75(101)55-69(67)91(71)111)113-97-89-95(115-93(65)97)83-85-86(108-117-107-85)84-88(87(83)109(89)61-63(47-41-25-19-13-5)49-43-37-29-23-17-11-3)110(62-64(48-42-26-20-14-6)50-44-38-30-24-18-12-4)90-96(84)116-94-66(52-46-40-36-34-32-28-22-16-10-2)80(114-98(90)94)58-72-82(78(60-104)106-8)68-54-74(100)76(102)56-70(68)92(72)112/h53-58,63-64H,9-52,61-62H2,1-6H3/b71-57-,72-58-,81-77+,82-78?. The van der Waals surface area contributed by atoms with Gasteiger partial charge in [0.15, 0.2) is 34.8 Å². The number of carbonyl (C=O) groups excluding carboxylic acids is 2. The van der Waals surface area contributed by atoms with Gasteiger partial charge in [-0.25, -0.2) is 37.8 Å². The van der Waals surface area contributed by atoms with Crippen molar-refractivity contribution in [2.45, 2.75) is 337 Å². The van der Waals surface area contributed by atoms with E-state index in [0.29, 0.717) is 24.7 Å². The lowest BCUT2D eigenvalue weighted by atomic mass is 9.93. The first-order valence-electron chi connectivity index (χ1n) is 44.8. The molecule has 0 spiro atoms. The topological polar surface area (TPSA) is 126 Å². The number of halogens is 4. The van der Waals surface area contributed by atoms with Crippen LogP contribution in [-0.4, -0.2) is 29.4 Å². The van der Waals surface area contributed by atoms with Crippen LogP contribution in [-0.2, 0) is 25.9 Å². The van der Waals surface area contributed by atoms with E-state index in [1.165, 1.54) is 153 Å². The van der Waals surface area contributed by atoms with Gasteiger partial charge in [0.2, 0.25) is 0 Å². The van der Waals surface area contributed by atoms with E-state index in [-0.39, 0.29) is 55.9 Å². The first kappa shape index (κ1) is 88.7. The molecular formula is C98H118F4N8O2S5. The van der Waals surface area contributed by atoms with Crippen LogP contribution in [0.4, 0.5) is 17.6 Å². The van der Waals surface area contributed by atoms with Crippen LogP contribution in [0.25, 0.3) is 105 Å². The van der Waals surface area contributed by atoms with E-state index in [0.717, 1.165) is 259 Å². The molecule has 117 heavy (non-hydrogen) atoms. The number of Topliss-reactive ketones (excluding diaryl/α,β-unsaturated/α-hetero) is 2. The van der Waals surface area contributed by atoms with Crippen molar-refractivity contribution in [1.29, 1.82) is 10.5 Å². The molecule has 2 aliphatic carbocycles. The number of hydrogen-bond donors (Lipinski definition) is 0. The largest absolute Gasteiger partial charge is 0.337 e. The van der Waals surface area contributed by atoms with Crippen molar-refractivity contribution in [3.05, 3.63) is 136 Å². The quantitative estimate of drug-likeness (QED) is 0.0123. The molecule has 620 valence electrons. The molecule has 7 heterocycles. The monoisotopic (exact) mass is 1670 g/mol. The molecule has 2 aliphatic rings. The first-order valence-corrected chi connectivity index (χ1v) is 48.8. The number of fused-ring (bicyclic) bond motifs is 16. The first-order chi connectivity index (χ1) is 57.2. The maximum absolute atomic E-state index is 15.5. The van der Waals surface area contributed by atoms with Crippen molar-refractivity contribution in [2.75, 3.05) is 0 Å². The molecule has 10 nitrogen and oxygen atoms in total. The molecule has 0 amide bonds. The highest BCUT2D eigenvalue weighted by Crippen LogP contribution is 2.57. The van der Waals surface area contributed by atoms with Crippen LogP contribution in [0.5, 0.6) is 0 Å². The Morgan fingerprint density at radius 3 is 1.00 bits per heavy atom. The summed E-state index contributed by atoms with van der Waals surface area (Å²) in [5.41, 5.74) is 7.87. The number of hydrogen-bond acceptors (Lipinski definition) is 11. The van der Waals surface area contributed by atoms with E-state index >= 15 is 27.2 Å². The Kier molecular flexibility index (Phi) is 33.0. The molecule has 3 aromatic carbocycles. The Morgan fingerprint density at radius 1 is 0.402 bits per heavy atom. The highest BCUT2D eigenvalue weighted by Gasteiger charge is 2.39. The number of benzene rings is 3. The number of ketones is 2. The molecule has 0 saturated heterocycles. The maximum atomic E-state index is 15.5. The third-order valence-corrected chi connectivity index (χ3v) is 30.6. The summed E-state index contributed by atoms with van der Waals surface area (Å²) in [5.74, 6) is -5.17. The normalized spacial score (nSPS) is 15.1. The average Bonchev–Trinajstić information content (AvgIpc) is 1.50. The van der Waals surface area contributed by atoms with Crippen molar-refractivity contribution in [3.63, 3.8) is 0 Å². The van der Waals surface area contributed by atoms with Gasteiger partial charge in [0.25, 0.3) is 11.4 Å². The molecule has 2 atom stereocenters. The highest BCUT2D eigenvalue weighted by molar-refractivity contribution is 7.34. The summed E-state index contributed by atoms with van der Waals surface area (Å²) in [6, 6.07) is 7.80. The Hall–Kier alpha value is -7.62. The van der Waals surface area contributed by atoms with Gasteiger partial charge in [0.05, 0.1) is 87.3 Å². The highest BCUT2D eigenvalue weighted by atomic mass is 32.1. The molecule has 0 fully saturated rings. The van der Waals surface area contributed by atoms with Gasteiger partial charge >= 0.3 is 0 Å². The van der Waals surface area contributed by atoms with Crippen molar-refractivity contribution >= 4 is 164 Å². The molecular weight excluding hydrogens is 1560 g/mol. The van der Waals surface area contributed by atoms with Crippen molar-refractivity contribution in [3.8, 4) is 12.1 Å². The van der Waals surface area contributed by atoms with E-state index in [9.17, 15) is 10.5 Å². The lowest BCUT2D eigenvalue weighted by Crippen LogP contribution is -2.14. The van der Waals surface area contributed by atoms with Crippen LogP contribution in [0.3, 0.4) is 0 Å². The average molecular weight is 1680 g/mol. The summed E-state index contributed by atoms with van der Waals surface area (Å²) in [5, 5.41) is 23.4. The predicted octanol–water partition coefficient (Wildman–Crippen LogP) is 32.7. The number of aryl methyl sites for hydroxylation is 2. The molecule has 0 radical (unpaired) electrons. The minimum absolute atomic E-state index is 0.0266. The zero-order chi connectivity index (χ0) is 82.5. The van der Waals surface area contributed by atoms with Crippen molar-refractivity contribution < 1.29 is 27.2 Å². The van der Waals surface area contributed by atoms with Crippen LogP contribution < -0.4 is 0 Å². The smallest absolute Gasteiger partial charge is 0.270 e. The summed E-state index contributed by atoms with van der Waals surface area (Å²) in [6.07, 6.45) is 53.1. The van der Waals surface area contributed by atoms with Gasteiger partial charge in [-0.05, 0) is 122 Å². The number of carbonyl (C=O) groups is 2. The summed E-state index contributed by atoms with van der Waals surface area (Å²) in [4.78, 5) is 39.0. The van der Waals surface area contributed by atoms with Crippen LogP contribution in [0.2, 0.25) is 0 Å². The van der Waals surface area contributed by atoms with Gasteiger partial charge < -0.3 is 9.13 Å². The van der Waals surface area contributed by atoms with E-state index < -0.39 is 34.8 Å². The van der Waals surface area contributed by atoms with Gasteiger partial charge in [0, 0.05) is 67.0 Å². The Bertz CT molecular complexity index is 5130. The predicted molar refractivity (Wildman–Crippen MR) is 488 cm³/mol. The molecule has 0 aliphatic heterocycles. The second kappa shape index (κ2) is 43.6. The molecule has 10 aromatic rings. The fourth-order valence-corrected chi connectivity index (χ4v) is 25.1. The Morgan fingerprint density at radius 2 is 0.692 bits per heavy atom. The number of unbranched alkanes of at least 4 members (excludes halogenated alkanes) is 32. The van der Waals surface area contributed by atoms with Crippen molar-refractivity contribution in [1.82, 2.24) is 17.9 Å². The minimum atomic E-state index is -1.17. The fourth-order valence-electron chi connectivity index (χ4n) is 18.6. The van der Waals surface area contributed by atoms with E-state index in [2.05, 4.69) is 60.4 Å². The summed E-state index contributed by atoms with van der Waals surface area (Å²) in [7, 11) is 0. The van der Waals surface area contributed by atoms with Gasteiger partial charge in [0.1, 0.15) is 11.0 Å². The molecule has 19 heteroatoms. The number of thiophene rings is 4. The summed E-state index contributed by atoms with van der Waals surface area (Å²) >= 11 is 8.13. The van der Waals surface area contributed by atoms with Crippen molar-refractivity contribution in [2.24, 2.45) is 11.8 Å². The minimum Gasteiger partial charge on any atom is -0.337 e. The second-order valence-corrected chi connectivity index (χ2v) is 38.1. The van der Waals surface area contributed by atoms with Crippen LogP contribution in [0.15, 0.2) is 46.8 Å². The zero-order valence-electron chi connectivity index (χ0n) is 70.1. The number of nitriles is 2. The lowest BCUT2D eigenvalue weighted by molar-refractivity contribution is 0.103. The SMILES string of the molecule is [C-]#[N+]C(C#N)=C1/C(=C/c2sc3c(sc4c5c6nsnc6c6c7sc8c(CCCCCCCCCCC)c(/C=C9\C(=O)c%10cc(F)c(F)cc%10\C9=C(\C#N)[N+]#[C-])sc8c7n(CC(CCCCCC)CCCCCCCC)c6c5n(CC(CCCCCC)CCCCCCCC)c34)c2CCCCCCCCCCC)C(=O)c2cc(F)c(F)cc21. The zero-order valence-corrected chi connectivity index (χ0v) is 74.2. The summed E-state index contributed by atoms with van der Waals surface area (Å²) in [6.45, 7) is 31.6. The molecule has 0 bridgehead atoms. The van der Waals surface area contributed by atoms with Gasteiger partial charge in [-0.15, -0.1) is 45.3 Å². The second-order valence-electron chi connectivity index (χ2n) is 33.4. The van der Waals surface area contributed by atoms with Crippen LogP contribution in [0.1, 0.15) is 364 Å².